The summed E-state index contributed by atoms with van der Waals surface area (Å²) in [7, 11) is -2.40. The van der Waals surface area contributed by atoms with Crippen LogP contribution in [-0.2, 0) is 34.2 Å². The largest absolute Gasteiger partial charge is 0.487 e. The molecule has 1 aromatic heterocycles. The molecule has 0 saturated carbocycles. The van der Waals surface area contributed by atoms with Gasteiger partial charge in [0.15, 0.2) is 0 Å². The Morgan fingerprint density at radius 3 is 2.02 bits per heavy atom. The summed E-state index contributed by atoms with van der Waals surface area (Å²) in [6.45, 7) is 16.4. The number of ether oxygens (including phenoxy) is 5. The maximum absolute atomic E-state index is 6.86. The molecule has 0 amide bonds. The molecular weight excluding hydrogens is 631 g/mol. The minimum atomic E-state index is -1.24. The first-order valence-electron chi connectivity index (χ1n) is 14.9. The fourth-order valence-electron chi connectivity index (χ4n) is 4.21. The predicted octanol–water partition coefficient (Wildman–Crippen LogP) is 9.86. The van der Waals surface area contributed by atoms with Crippen LogP contribution in [0.3, 0.4) is 0 Å². The van der Waals surface area contributed by atoms with Crippen LogP contribution in [0.5, 0.6) is 17.2 Å². The average molecular weight is 676 g/mol. The molecule has 0 unspecified atom stereocenters. The highest BCUT2D eigenvalue weighted by atomic mass is 35.5. The predicted molar refractivity (Wildman–Crippen MR) is 185 cm³/mol. The highest BCUT2D eigenvalue weighted by molar-refractivity contribution is 6.76. The minimum Gasteiger partial charge on any atom is -0.487 e. The van der Waals surface area contributed by atoms with Crippen molar-refractivity contribution in [2.24, 2.45) is 0 Å². The number of hydrogen-bond acceptors (Lipinski definition) is 6. The van der Waals surface area contributed by atoms with Gasteiger partial charge in [-0.3, -0.25) is 0 Å². The molecule has 0 spiro atoms. The smallest absolute Gasteiger partial charge is 0.147 e. The molecule has 4 rings (SSSR count). The van der Waals surface area contributed by atoms with E-state index in [0.717, 1.165) is 29.2 Å². The van der Waals surface area contributed by atoms with Gasteiger partial charge in [0, 0.05) is 35.4 Å². The first kappa shape index (κ1) is 34.5. The van der Waals surface area contributed by atoms with Crippen molar-refractivity contribution >= 4 is 50.4 Å². The van der Waals surface area contributed by atoms with Crippen molar-refractivity contribution in [1.29, 1.82) is 0 Å². The van der Waals surface area contributed by atoms with Crippen LogP contribution >= 0.6 is 23.2 Å². The van der Waals surface area contributed by atoms with Crippen molar-refractivity contribution in [2.45, 2.75) is 71.3 Å². The molecule has 4 aromatic rings. The van der Waals surface area contributed by atoms with Gasteiger partial charge in [-0.2, -0.15) is 0 Å². The Bertz CT molecular complexity index is 1490. The Balaban J connectivity index is 1.46. The van der Waals surface area contributed by atoms with Crippen LogP contribution in [-0.4, -0.2) is 45.7 Å². The SMILES string of the molecule is C[Si](C)(C)CCOCOCc1nc2cc(OCc3ccc(Oc4ccccc4)cc3)c(Cl)c(Cl)c2n1COCC[Si](C)(C)C. The first-order valence-corrected chi connectivity index (χ1v) is 23.1. The Morgan fingerprint density at radius 2 is 1.36 bits per heavy atom. The molecule has 0 atom stereocenters. The zero-order valence-corrected chi connectivity index (χ0v) is 30.1. The summed E-state index contributed by atoms with van der Waals surface area (Å²) in [6, 6.07) is 21.4. The van der Waals surface area contributed by atoms with E-state index in [1.165, 1.54) is 0 Å². The number of nitrogens with zero attached hydrogens (tertiary/aromatic N) is 2. The van der Waals surface area contributed by atoms with E-state index in [0.29, 0.717) is 59.2 Å². The van der Waals surface area contributed by atoms with Crippen LogP contribution in [0.25, 0.3) is 11.0 Å². The van der Waals surface area contributed by atoms with Gasteiger partial charge in [-0.05, 0) is 41.9 Å². The second-order valence-electron chi connectivity index (χ2n) is 13.2. The van der Waals surface area contributed by atoms with Crippen molar-refractivity contribution in [1.82, 2.24) is 9.55 Å². The van der Waals surface area contributed by atoms with Gasteiger partial charge in [-0.1, -0.05) is 92.8 Å². The molecule has 3 aromatic carbocycles. The fraction of sp³-hybridized carbons (Fsp3) is 0.424. The van der Waals surface area contributed by atoms with Crippen molar-refractivity contribution in [2.75, 3.05) is 20.0 Å². The fourth-order valence-corrected chi connectivity index (χ4v) is 6.21. The third-order valence-electron chi connectivity index (χ3n) is 6.87. The van der Waals surface area contributed by atoms with E-state index in [9.17, 15) is 0 Å². The molecule has 0 bridgehead atoms. The van der Waals surface area contributed by atoms with Crippen LogP contribution in [0.4, 0.5) is 0 Å². The standard InChI is InChI=1S/C33H44Cl2N2O5Si2/c1-43(2,3)18-16-38-23-37-30(22-40-24-39-17-19-44(4,5)6)36-28-20-29(31(34)32(35)33(28)37)41-21-25-12-14-27(15-13-25)42-26-10-8-7-9-11-26/h7-15,20H,16-19,21-24H2,1-6H3. The van der Waals surface area contributed by atoms with Gasteiger partial charge in [-0.15, -0.1) is 0 Å². The Kier molecular flexibility index (Phi) is 12.4. The van der Waals surface area contributed by atoms with Crippen molar-refractivity contribution in [3.8, 4) is 17.2 Å². The number of rotatable bonds is 17. The maximum atomic E-state index is 6.86. The topological polar surface area (TPSA) is 64.0 Å². The lowest BCUT2D eigenvalue weighted by atomic mass is 10.2. The highest BCUT2D eigenvalue weighted by Crippen LogP contribution is 2.39. The van der Waals surface area contributed by atoms with Crippen LogP contribution in [0.15, 0.2) is 60.7 Å². The summed E-state index contributed by atoms with van der Waals surface area (Å²) in [4.78, 5) is 4.84. The third kappa shape index (κ3) is 10.6. The molecular formula is C33H44Cl2N2O5Si2. The monoisotopic (exact) mass is 674 g/mol. The van der Waals surface area contributed by atoms with Gasteiger partial charge in [0.05, 0.1) is 16.1 Å². The van der Waals surface area contributed by atoms with Gasteiger partial charge in [0.2, 0.25) is 0 Å². The third-order valence-corrected chi connectivity index (χ3v) is 11.1. The Morgan fingerprint density at radius 1 is 0.727 bits per heavy atom. The number of halogens is 2. The molecule has 0 aliphatic rings. The number of imidazole rings is 1. The van der Waals surface area contributed by atoms with Crippen molar-refractivity contribution in [3.63, 3.8) is 0 Å². The zero-order chi connectivity index (χ0) is 31.7. The van der Waals surface area contributed by atoms with Gasteiger partial charge in [0.25, 0.3) is 0 Å². The number of fused-ring (bicyclic) bond motifs is 1. The van der Waals surface area contributed by atoms with Crippen molar-refractivity contribution in [3.05, 3.63) is 82.1 Å². The maximum Gasteiger partial charge on any atom is 0.147 e. The molecule has 0 fully saturated rings. The van der Waals surface area contributed by atoms with Crippen LogP contribution in [0.1, 0.15) is 11.4 Å². The van der Waals surface area contributed by atoms with E-state index in [2.05, 4.69) is 39.3 Å². The van der Waals surface area contributed by atoms with E-state index in [1.54, 1.807) is 0 Å². The lowest BCUT2D eigenvalue weighted by Gasteiger charge is -2.17. The quantitative estimate of drug-likeness (QED) is 0.0631. The lowest BCUT2D eigenvalue weighted by molar-refractivity contribution is -0.0609. The van der Waals surface area contributed by atoms with E-state index in [1.807, 2.05) is 65.2 Å². The lowest BCUT2D eigenvalue weighted by Crippen LogP contribution is -2.22. The van der Waals surface area contributed by atoms with Crippen LogP contribution in [0, 0.1) is 0 Å². The minimum absolute atomic E-state index is 0.197. The molecule has 11 heteroatoms. The summed E-state index contributed by atoms with van der Waals surface area (Å²) in [6.07, 6.45) is 0. The Labute approximate surface area is 273 Å². The van der Waals surface area contributed by atoms with E-state index in [4.69, 9.17) is 51.9 Å². The number of hydrogen-bond donors (Lipinski definition) is 0. The highest BCUT2D eigenvalue weighted by Gasteiger charge is 2.21. The molecule has 0 aliphatic carbocycles. The van der Waals surface area contributed by atoms with Gasteiger partial charge in [-0.25, -0.2) is 4.98 Å². The van der Waals surface area contributed by atoms with E-state index in [-0.39, 0.29) is 13.4 Å². The molecule has 44 heavy (non-hydrogen) atoms. The molecule has 0 radical (unpaired) electrons. The summed E-state index contributed by atoms with van der Waals surface area (Å²) in [5.74, 6) is 2.67. The molecule has 0 N–H and O–H groups in total. The Hall–Kier alpha value is -2.38. The number of para-hydroxylation sites is 1. The van der Waals surface area contributed by atoms with E-state index >= 15 is 0 Å². The van der Waals surface area contributed by atoms with Crippen LogP contribution in [0.2, 0.25) is 61.4 Å². The van der Waals surface area contributed by atoms with Crippen LogP contribution < -0.4 is 9.47 Å². The summed E-state index contributed by atoms with van der Waals surface area (Å²) >= 11 is 13.6. The summed E-state index contributed by atoms with van der Waals surface area (Å²) in [5, 5.41) is 0.693. The van der Waals surface area contributed by atoms with Gasteiger partial charge >= 0.3 is 0 Å². The zero-order valence-electron chi connectivity index (χ0n) is 26.6. The molecule has 0 saturated heterocycles. The number of benzene rings is 3. The number of aromatic nitrogens is 2. The first-order chi connectivity index (χ1) is 20.9. The second kappa shape index (κ2) is 15.8. The summed E-state index contributed by atoms with van der Waals surface area (Å²) < 4.78 is 31.6. The van der Waals surface area contributed by atoms with Gasteiger partial charge < -0.3 is 28.3 Å². The second-order valence-corrected chi connectivity index (χ2v) is 25.2. The molecule has 7 nitrogen and oxygen atoms in total. The average Bonchev–Trinajstić information content (AvgIpc) is 3.31. The van der Waals surface area contributed by atoms with Crippen molar-refractivity contribution < 1.29 is 23.7 Å². The molecule has 1 heterocycles. The van der Waals surface area contributed by atoms with E-state index < -0.39 is 16.1 Å². The summed E-state index contributed by atoms with van der Waals surface area (Å²) in [5.41, 5.74) is 2.31. The molecule has 0 aliphatic heterocycles. The normalized spacial score (nSPS) is 12.2. The molecule has 238 valence electrons. The van der Waals surface area contributed by atoms with Gasteiger partial charge in [0.1, 0.15) is 54.8 Å².